The second-order valence-electron chi connectivity index (χ2n) is 6.35. The summed E-state index contributed by atoms with van der Waals surface area (Å²) in [4.78, 5) is 2.61. The lowest BCUT2D eigenvalue weighted by atomic mass is 9.97. The van der Waals surface area contributed by atoms with Gasteiger partial charge in [-0.1, -0.05) is 6.92 Å². The van der Waals surface area contributed by atoms with Crippen LogP contribution in [0.5, 0.6) is 0 Å². The summed E-state index contributed by atoms with van der Waals surface area (Å²) in [6.07, 6.45) is 8.11. The van der Waals surface area contributed by atoms with E-state index in [0.29, 0.717) is 6.04 Å². The van der Waals surface area contributed by atoms with Crippen LogP contribution in [-0.2, 0) is 6.54 Å². The van der Waals surface area contributed by atoms with Gasteiger partial charge in [0, 0.05) is 30.9 Å². The van der Waals surface area contributed by atoms with Crippen LogP contribution >= 0.6 is 0 Å². The highest BCUT2D eigenvalue weighted by atomic mass is 15.3. The molecule has 2 rings (SSSR count). The van der Waals surface area contributed by atoms with Crippen molar-refractivity contribution in [3.8, 4) is 0 Å². The number of nitrogens with one attached hydrogen (secondary N) is 1. The molecule has 1 aromatic rings. The highest BCUT2D eigenvalue weighted by Crippen LogP contribution is 2.16. The Balaban J connectivity index is 1.89. The largest absolute Gasteiger partial charge is 0.317 e. The van der Waals surface area contributed by atoms with Crippen molar-refractivity contribution in [2.45, 2.75) is 52.6 Å². The summed E-state index contributed by atoms with van der Waals surface area (Å²) in [5, 5.41) is 7.91. The molecule has 1 fully saturated rings. The number of hydrogen-bond acceptors (Lipinski definition) is 3. The maximum Gasteiger partial charge on any atom is 0.0534 e. The van der Waals surface area contributed by atoms with E-state index in [1.165, 1.54) is 51.0 Å². The first-order valence-electron chi connectivity index (χ1n) is 8.15. The molecule has 114 valence electrons. The summed E-state index contributed by atoms with van der Waals surface area (Å²) in [6.45, 7) is 12.5. The van der Waals surface area contributed by atoms with Crippen LogP contribution in [0.4, 0.5) is 0 Å². The Labute approximate surface area is 123 Å². The lowest BCUT2D eigenvalue weighted by Gasteiger charge is -2.29. The van der Waals surface area contributed by atoms with Crippen molar-refractivity contribution in [3.05, 3.63) is 18.0 Å². The second-order valence-corrected chi connectivity index (χ2v) is 6.35. The Morgan fingerprint density at radius 3 is 2.75 bits per heavy atom. The molecule has 1 aromatic heterocycles. The number of aromatic nitrogens is 2. The van der Waals surface area contributed by atoms with Crippen molar-refractivity contribution in [1.29, 1.82) is 0 Å². The van der Waals surface area contributed by atoms with Crippen LogP contribution in [0, 0.1) is 5.92 Å². The third kappa shape index (κ3) is 4.60. The summed E-state index contributed by atoms with van der Waals surface area (Å²) in [6, 6.07) is 0.452. The molecule has 0 spiro atoms. The normalized spacial score (nSPS) is 17.2. The van der Waals surface area contributed by atoms with E-state index in [-0.39, 0.29) is 0 Å². The summed E-state index contributed by atoms with van der Waals surface area (Å²) in [5.74, 6) is 0.864. The Morgan fingerprint density at radius 2 is 2.15 bits per heavy atom. The van der Waals surface area contributed by atoms with E-state index in [2.05, 4.69) is 47.0 Å². The fraction of sp³-hybridized carbons (Fsp3) is 0.812. The maximum atomic E-state index is 4.46. The molecule has 0 saturated carbocycles. The lowest BCUT2D eigenvalue weighted by Crippen LogP contribution is -2.36. The molecule has 1 saturated heterocycles. The average Bonchev–Trinajstić information content (AvgIpc) is 2.89. The fourth-order valence-corrected chi connectivity index (χ4v) is 2.98. The third-order valence-electron chi connectivity index (χ3n) is 4.11. The van der Waals surface area contributed by atoms with E-state index in [9.17, 15) is 0 Å². The quantitative estimate of drug-likeness (QED) is 0.832. The predicted molar refractivity (Wildman–Crippen MR) is 83.8 cm³/mol. The SMILES string of the molecule is CCCN(Cc1cnn(C(C)C)c1)CC1CCNCC1. The molecule has 0 unspecified atom stereocenters. The van der Waals surface area contributed by atoms with Gasteiger partial charge in [-0.3, -0.25) is 9.58 Å². The van der Waals surface area contributed by atoms with E-state index < -0.39 is 0 Å². The van der Waals surface area contributed by atoms with Crippen molar-refractivity contribution in [2.24, 2.45) is 5.92 Å². The topological polar surface area (TPSA) is 33.1 Å². The molecule has 0 aliphatic carbocycles. The predicted octanol–water partition coefficient (Wildman–Crippen LogP) is 2.68. The van der Waals surface area contributed by atoms with E-state index in [1.54, 1.807) is 0 Å². The fourth-order valence-electron chi connectivity index (χ4n) is 2.98. The van der Waals surface area contributed by atoms with Crippen LogP contribution in [0.3, 0.4) is 0 Å². The molecule has 0 radical (unpaired) electrons. The zero-order valence-electron chi connectivity index (χ0n) is 13.3. The first kappa shape index (κ1) is 15.5. The maximum absolute atomic E-state index is 4.46. The molecule has 20 heavy (non-hydrogen) atoms. The van der Waals surface area contributed by atoms with Gasteiger partial charge in [0.05, 0.1) is 6.20 Å². The molecular formula is C16H30N4. The molecule has 2 heterocycles. The van der Waals surface area contributed by atoms with Gasteiger partial charge in [0.15, 0.2) is 0 Å². The summed E-state index contributed by atoms with van der Waals surface area (Å²) in [7, 11) is 0. The van der Waals surface area contributed by atoms with Crippen LogP contribution < -0.4 is 5.32 Å². The second kappa shape index (κ2) is 7.79. The zero-order valence-corrected chi connectivity index (χ0v) is 13.3. The van der Waals surface area contributed by atoms with Crippen molar-refractivity contribution in [1.82, 2.24) is 20.0 Å². The Hall–Kier alpha value is -0.870. The molecule has 4 heteroatoms. The van der Waals surface area contributed by atoms with E-state index in [4.69, 9.17) is 0 Å². The van der Waals surface area contributed by atoms with Gasteiger partial charge in [0.2, 0.25) is 0 Å². The molecule has 0 amide bonds. The monoisotopic (exact) mass is 278 g/mol. The van der Waals surface area contributed by atoms with Crippen LogP contribution in [0.1, 0.15) is 51.6 Å². The van der Waals surface area contributed by atoms with E-state index in [1.807, 2.05) is 6.20 Å². The Bertz CT molecular complexity index is 380. The summed E-state index contributed by atoms with van der Waals surface area (Å²) < 4.78 is 2.06. The standard InChI is InChI=1S/C16H30N4/c1-4-9-19(11-15-5-7-17-8-6-15)12-16-10-18-20(13-16)14(2)3/h10,13-15,17H,4-9,11-12H2,1-3H3. The number of hydrogen-bond donors (Lipinski definition) is 1. The number of rotatable bonds is 7. The van der Waals surface area contributed by atoms with Gasteiger partial charge < -0.3 is 5.32 Å². The average molecular weight is 278 g/mol. The van der Waals surface area contributed by atoms with Crippen LogP contribution in [-0.4, -0.2) is 40.9 Å². The van der Waals surface area contributed by atoms with Gasteiger partial charge in [-0.15, -0.1) is 0 Å². The molecule has 0 atom stereocenters. The van der Waals surface area contributed by atoms with Crippen molar-refractivity contribution >= 4 is 0 Å². The summed E-state index contributed by atoms with van der Waals surface area (Å²) >= 11 is 0. The first-order chi connectivity index (χ1) is 9.69. The van der Waals surface area contributed by atoms with Crippen LogP contribution in [0.2, 0.25) is 0 Å². The van der Waals surface area contributed by atoms with Gasteiger partial charge in [-0.25, -0.2) is 0 Å². The minimum atomic E-state index is 0.452. The third-order valence-corrected chi connectivity index (χ3v) is 4.11. The van der Waals surface area contributed by atoms with E-state index >= 15 is 0 Å². The first-order valence-corrected chi connectivity index (χ1v) is 8.15. The molecule has 0 aromatic carbocycles. The highest BCUT2D eigenvalue weighted by Gasteiger charge is 2.17. The number of piperidine rings is 1. The van der Waals surface area contributed by atoms with Crippen molar-refractivity contribution in [2.75, 3.05) is 26.2 Å². The molecular weight excluding hydrogens is 248 g/mol. The molecule has 1 aliphatic heterocycles. The highest BCUT2D eigenvalue weighted by molar-refractivity contribution is 5.04. The molecule has 1 N–H and O–H groups in total. The number of nitrogens with zero attached hydrogens (tertiary/aromatic N) is 3. The smallest absolute Gasteiger partial charge is 0.0534 e. The Morgan fingerprint density at radius 1 is 1.40 bits per heavy atom. The molecule has 1 aliphatic rings. The van der Waals surface area contributed by atoms with Gasteiger partial charge in [0.25, 0.3) is 0 Å². The molecule has 4 nitrogen and oxygen atoms in total. The summed E-state index contributed by atoms with van der Waals surface area (Å²) in [5.41, 5.74) is 1.35. The van der Waals surface area contributed by atoms with Crippen LogP contribution in [0.25, 0.3) is 0 Å². The Kier molecular flexibility index (Phi) is 6.05. The van der Waals surface area contributed by atoms with Crippen molar-refractivity contribution < 1.29 is 0 Å². The van der Waals surface area contributed by atoms with E-state index in [0.717, 1.165) is 12.5 Å². The van der Waals surface area contributed by atoms with Gasteiger partial charge in [-0.2, -0.15) is 5.10 Å². The van der Waals surface area contributed by atoms with Gasteiger partial charge in [0.1, 0.15) is 0 Å². The minimum absolute atomic E-state index is 0.452. The lowest BCUT2D eigenvalue weighted by molar-refractivity contribution is 0.199. The minimum Gasteiger partial charge on any atom is -0.317 e. The zero-order chi connectivity index (χ0) is 14.4. The molecule has 0 bridgehead atoms. The van der Waals surface area contributed by atoms with Crippen LogP contribution in [0.15, 0.2) is 12.4 Å². The van der Waals surface area contributed by atoms with Gasteiger partial charge >= 0.3 is 0 Å². The van der Waals surface area contributed by atoms with Crippen molar-refractivity contribution in [3.63, 3.8) is 0 Å². The van der Waals surface area contributed by atoms with Gasteiger partial charge in [-0.05, 0) is 58.7 Å².